The summed E-state index contributed by atoms with van der Waals surface area (Å²) in [5.41, 5.74) is 4.83. The molecule has 0 aliphatic heterocycles. The Hall–Kier alpha value is -2.62. The number of carbonyl (C=O) groups excluding carboxylic acids is 1. The van der Waals surface area contributed by atoms with Crippen molar-refractivity contribution in [2.45, 2.75) is 13.3 Å². The lowest BCUT2D eigenvalue weighted by atomic mass is 10.0. The maximum atomic E-state index is 11.8. The van der Waals surface area contributed by atoms with E-state index in [9.17, 15) is 9.59 Å². The van der Waals surface area contributed by atoms with E-state index in [0.717, 1.165) is 22.3 Å². The molecule has 0 unspecified atom stereocenters. The molecule has 0 amide bonds. The third-order valence-corrected chi connectivity index (χ3v) is 3.64. The average molecular weight is 282 g/mol. The quantitative estimate of drug-likeness (QED) is 0.750. The first-order valence-electron chi connectivity index (χ1n) is 6.76. The van der Waals surface area contributed by atoms with Crippen LogP contribution in [0.2, 0.25) is 0 Å². The lowest BCUT2D eigenvalue weighted by molar-refractivity contribution is 0.0525. The van der Waals surface area contributed by atoms with Crippen LogP contribution in [0.5, 0.6) is 0 Å². The summed E-state index contributed by atoms with van der Waals surface area (Å²) in [4.78, 5) is 22.8. The maximum Gasteiger partial charge on any atom is 0.338 e. The van der Waals surface area contributed by atoms with E-state index in [0.29, 0.717) is 18.6 Å². The summed E-state index contributed by atoms with van der Waals surface area (Å²) >= 11 is 0. The topological polar surface area (TPSA) is 63.6 Å². The molecule has 0 saturated heterocycles. The molecule has 0 saturated carbocycles. The van der Waals surface area contributed by atoms with Gasteiger partial charge in [-0.25, -0.2) is 9.59 Å². The van der Waals surface area contributed by atoms with Gasteiger partial charge in [-0.2, -0.15) is 0 Å². The van der Waals surface area contributed by atoms with Crippen LogP contribution in [0.15, 0.2) is 36.4 Å². The van der Waals surface area contributed by atoms with Crippen molar-refractivity contribution in [3.05, 3.63) is 58.7 Å². The molecule has 21 heavy (non-hydrogen) atoms. The monoisotopic (exact) mass is 282 g/mol. The lowest BCUT2D eigenvalue weighted by Crippen LogP contribution is -2.04. The van der Waals surface area contributed by atoms with Crippen molar-refractivity contribution in [1.82, 2.24) is 0 Å². The molecule has 3 rings (SSSR count). The zero-order valence-corrected chi connectivity index (χ0v) is 11.6. The fourth-order valence-electron chi connectivity index (χ4n) is 2.66. The largest absolute Gasteiger partial charge is 0.478 e. The van der Waals surface area contributed by atoms with E-state index in [1.165, 1.54) is 0 Å². The number of esters is 1. The maximum absolute atomic E-state index is 11.8. The Balaban J connectivity index is 2.02. The van der Waals surface area contributed by atoms with E-state index < -0.39 is 5.97 Å². The smallest absolute Gasteiger partial charge is 0.338 e. The number of hydrogen-bond donors (Lipinski definition) is 1. The number of aromatic carboxylic acids is 1. The zero-order chi connectivity index (χ0) is 15.0. The van der Waals surface area contributed by atoms with Gasteiger partial charge in [0.05, 0.1) is 17.7 Å². The second-order valence-corrected chi connectivity index (χ2v) is 4.95. The van der Waals surface area contributed by atoms with Gasteiger partial charge in [0, 0.05) is 0 Å². The van der Waals surface area contributed by atoms with Gasteiger partial charge in [-0.1, -0.05) is 12.1 Å². The van der Waals surface area contributed by atoms with Gasteiger partial charge in [-0.3, -0.25) is 0 Å². The Morgan fingerprint density at radius 3 is 2.52 bits per heavy atom. The number of carboxylic acids is 1. The van der Waals surface area contributed by atoms with Crippen molar-refractivity contribution in [2.24, 2.45) is 0 Å². The number of rotatable bonds is 3. The Bertz CT molecular complexity index is 746. The van der Waals surface area contributed by atoms with Gasteiger partial charge in [0.1, 0.15) is 0 Å². The highest BCUT2D eigenvalue weighted by atomic mass is 16.5. The normalized spacial score (nSPS) is 11.7. The van der Waals surface area contributed by atoms with Crippen molar-refractivity contribution in [2.75, 3.05) is 6.61 Å². The average Bonchev–Trinajstić information content (AvgIpc) is 2.84. The van der Waals surface area contributed by atoms with Crippen LogP contribution in [0.3, 0.4) is 0 Å². The predicted octanol–water partition coefficient (Wildman–Crippen LogP) is 3.13. The fraction of sp³-hybridized carbons (Fsp3) is 0.176. The van der Waals surface area contributed by atoms with Crippen molar-refractivity contribution in [3.8, 4) is 11.1 Å². The van der Waals surface area contributed by atoms with Crippen LogP contribution in [-0.4, -0.2) is 23.7 Å². The van der Waals surface area contributed by atoms with Crippen LogP contribution < -0.4 is 0 Å². The van der Waals surface area contributed by atoms with Crippen LogP contribution in [0.4, 0.5) is 0 Å². The van der Waals surface area contributed by atoms with E-state index in [1.54, 1.807) is 25.1 Å². The molecule has 0 heterocycles. The summed E-state index contributed by atoms with van der Waals surface area (Å²) in [5, 5.41) is 9.08. The third kappa shape index (κ3) is 2.29. The molecule has 4 nitrogen and oxygen atoms in total. The molecule has 2 aromatic rings. The summed E-state index contributed by atoms with van der Waals surface area (Å²) in [5.74, 6) is -1.27. The van der Waals surface area contributed by atoms with Gasteiger partial charge in [-0.05, 0) is 59.9 Å². The summed E-state index contributed by atoms with van der Waals surface area (Å²) in [6, 6.07) is 10.5. The molecular weight excluding hydrogens is 268 g/mol. The first-order chi connectivity index (χ1) is 10.1. The van der Waals surface area contributed by atoms with Crippen LogP contribution in [0.1, 0.15) is 38.8 Å². The van der Waals surface area contributed by atoms with Gasteiger partial charge < -0.3 is 9.84 Å². The summed E-state index contributed by atoms with van der Waals surface area (Å²) < 4.78 is 5.00. The third-order valence-electron chi connectivity index (χ3n) is 3.64. The fourth-order valence-corrected chi connectivity index (χ4v) is 2.66. The second kappa shape index (κ2) is 5.05. The highest BCUT2D eigenvalue weighted by Crippen LogP contribution is 2.37. The number of hydrogen-bond acceptors (Lipinski definition) is 3. The summed E-state index contributed by atoms with van der Waals surface area (Å²) in [6.45, 7) is 2.12. The summed E-state index contributed by atoms with van der Waals surface area (Å²) in [7, 11) is 0. The number of carboxylic acid groups (broad SMARTS) is 1. The highest BCUT2D eigenvalue weighted by molar-refractivity contribution is 5.93. The van der Waals surface area contributed by atoms with Crippen LogP contribution in [0.25, 0.3) is 11.1 Å². The van der Waals surface area contributed by atoms with E-state index >= 15 is 0 Å². The van der Waals surface area contributed by atoms with Crippen molar-refractivity contribution in [3.63, 3.8) is 0 Å². The van der Waals surface area contributed by atoms with Gasteiger partial charge >= 0.3 is 11.9 Å². The van der Waals surface area contributed by atoms with E-state index in [1.807, 2.05) is 18.2 Å². The van der Waals surface area contributed by atoms with E-state index in [2.05, 4.69) is 0 Å². The first-order valence-corrected chi connectivity index (χ1v) is 6.76. The molecule has 0 spiro atoms. The Kier molecular flexibility index (Phi) is 3.22. The van der Waals surface area contributed by atoms with E-state index in [4.69, 9.17) is 9.84 Å². The van der Waals surface area contributed by atoms with Crippen molar-refractivity contribution >= 4 is 11.9 Å². The van der Waals surface area contributed by atoms with Gasteiger partial charge in [0.2, 0.25) is 0 Å². The van der Waals surface area contributed by atoms with Crippen molar-refractivity contribution < 1.29 is 19.4 Å². The molecule has 0 fully saturated rings. The Morgan fingerprint density at radius 2 is 1.81 bits per heavy atom. The summed E-state index contributed by atoms with van der Waals surface area (Å²) in [6.07, 6.45) is 0.706. The minimum absolute atomic E-state index is 0.274. The Morgan fingerprint density at radius 1 is 1.05 bits per heavy atom. The molecule has 0 atom stereocenters. The number of fused-ring (bicyclic) bond motifs is 3. The second-order valence-electron chi connectivity index (χ2n) is 4.95. The molecule has 0 radical (unpaired) electrons. The minimum Gasteiger partial charge on any atom is -0.478 e. The molecule has 1 aliphatic rings. The van der Waals surface area contributed by atoms with Gasteiger partial charge in [0.25, 0.3) is 0 Å². The first kappa shape index (κ1) is 13.4. The molecule has 0 aromatic heterocycles. The number of carbonyl (C=O) groups is 2. The van der Waals surface area contributed by atoms with Crippen LogP contribution >= 0.6 is 0 Å². The van der Waals surface area contributed by atoms with Crippen LogP contribution in [0, 0.1) is 0 Å². The molecule has 2 aromatic carbocycles. The lowest BCUT2D eigenvalue weighted by Gasteiger charge is -2.05. The predicted molar refractivity (Wildman–Crippen MR) is 77.6 cm³/mol. The van der Waals surface area contributed by atoms with Gasteiger partial charge in [-0.15, -0.1) is 0 Å². The van der Waals surface area contributed by atoms with E-state index in [-0.39, 0.29) is 11.5 Å². The molecule has 1 N–H and O–H groups in total. The van der Waals surface area contributed by atoms with Crippen LogP contribution in [-0.2, 0) is 11.2 Å². The minimum atomic E-state index is -0.936. The SMILES string of the molecule is CCOC(=O)c1ccc2c(c1)Cc1ccc(C(=O)O)cc1-2. The van der Waals surface area contributed by atoms with Gasteiger partial charge in [0.15, 0.2) is 0 Å². The standard InChI is InChI=1S/C17H14O4/c1-2-21-17(20)12-5-6-14-13(8-12)7-10-3-4-11(16(18)19)9-15(10)14/h3-6,8-9H,2,7H2,1H3,(H,18,19). The number of benzene rings is 2. The molecule has 106 valence electrons. The number of ether oxygens (including phenoxy) is 1. The molecular formula is C17H14O4. The molecule has 4 heteroatoms. The van der Waals surface area contributed by atoms with Crippen molar-refractivity contribution in [1.29, 1.82) is 0 Å². The highest BCUT2D eigenvalue weighted by Gasteiger charge is 2.21. The zero-order valence-electron chi connectivity index (χ0n) is 11.6. The molecule has 0 bridgehead atoms. The molecule has 1 aliphatic carbocycles. The Labute approximate surface area is 122 Å².